The minimum absolute atomic E-state index is 0.519. The van der Waals surface area contributed by atoms with Crippen molar-refractivity contribution in [3.05, 3.63) is 11.7 Å². The summed E-state index contributed by atoms with van der Waals surface area (Å²) in [5.74, 6) is 2.12. The minimum atomic E-state index is -0.519. The summed E-state index contributed by atoms with van der Waals surface area (Å²) in [5, 5.41) is 3.90. The average molecular weight is 181 g/mol. The molecule has 13 heavy (non-hydrogen) atoms. The van der Waals surface area contributed by atoms with E-state index < -0.39 is 5.54 Å². The fourth-order valence-electron chi connectivity index (χ4n) is 1.18. The van der Waals surface area contributed by atoms with E-state index in [1.54, 1.807) is 0 Å². The van der Waals surface area contributed by atoms with Crippen LogP contribution in [0.15, 0.2) is 4.52 Å². The predicted octanol–water partition coefficient (Wildman–Crippen LogP) is 1.22. The number of aromatic nitrogens is 2. The third kappa shape index (κ3) is 2.06. The van der Waals surface area contributed by atoms with Crippen LogP contribution in [0.25, 0.3) is 0 Å². The molecule has 0 aromatic carbocycles. The molecule has 0 saturated heterocycles. The molecule has 4 heteroatoms. The minimum Gasteiger partial charge on any atom is -0.337 e. The van der Waals surface area contributed by atoms with Gasteiger partial charge in [0.25, 0.3) is 0 Å². The van der Waals surface area contributed by atoms with E-state index in [-0.39, 0.29) is 0 Å². The first kappa shape index (κ1) is 8.69. The van der Waals surface area contributed by atoms with Crippen molar-refractivity contribution in [2.75, 3.05) is 0 Å². The summed E-state index contributed by atoms with van der Waals surface area (Å²) < 4.78 is 5.07. The Hall–Kier alpha value is -0.900. The Morgan fingerprint density at radius 1 is 1.54 bits per heavy atom. The van der Waals surface area contributed by atoms with Gasteiger partial charge in [0.1, 0.15) is 0 Å². The molecule has 0 atom stereocenters. The van der Waals surface area contributed by atoms with Gasteiger partial charge in [-0.05, 0) is 32.6 Å². The lowest BCUT2D eigenvalue weighted by Gasteiger charge is -2.10. The van der Waals surface area contributed by atoms with E-state index in [1.807, 2.05) is 13.8 Å². The van der Waals surface area contributed by atoms with Gasteiger partial charge in [-0.15, -0.1) is 0 Å². The molecule has 1 saturated carbocycles. The summed E-state index contributed by atoms with van der Waals surface area (Å²) in [6, 6.07) is 0. The van der Waals surface area contributed by atoms with Crippen LogP contribution in [0, 0.1) is 5.92 Å². The quantitative estimate of drug-likeness (QED) is 0.761. The smallest absolute Gasteiger partial charge is 0.246 e. The first-order valence-electron chi connectivity index (χ1n) is 4.67. The summed E-state index contributed by atoms with van der Waals surface area (Å²) in [4.78, 5) is 4.26. The fourth-order valence-corrected chi connectivity index (χ4v) is 1.18. The van der Waals surface area contributed by atoms with Crippen LogP contribution < -0.4 is 5.73 Å². The Kier molecular flexibility index (Phi) is 1.87. The molecule has 0 unspecified atom stereocenters. The van der Waals surface area contributed by atoms with E-state index in [4.69, 9.17) is 10.3 Å². The molecule has 0 radical (unpaired) electrons. The molecule has 2 rings (SSSR count). The van der Waals surface area contributed by atoms with Crippen molar-refractivity contribution in [2.45, 2.75) is 38.6 Å². The normalized spacial score (nSPS) is 17.8. The van der Waals surface area contributed by atoms with Crippen molar-refractivity contribution in [3.63, 3.8) is 0 Å². The van der Waals surface area contributed by atoms with Gasteiger partial charge in [0, 0.05) is 6.42 Å². The molecular formula is C9H15N3O. The van der Waals surface area contributed by atoms with Crippen molar-refractivity contribution in [1.29, 1.82) is 0 Å². The van der Waals surface area contributed by atoms with Crippen molar-refractivity contribution >= 4 is 0 Å². The maximum atomic E-state index is 5.82. The second-order valence-corrected chi connectivity index (χ2v) is 4.38. The van der Waals surface area contributed by atoms with Gasteiger partial charge in [0.2, 0.25) is 5.89 Å². The summed E-state index contributed by atoms with van der Waals surface area (Å²) in [7, 11) is 0. The van der Waals surface area contributed by atoms with Gasteiger partial charge in [-0.2, -0.15) is 4.98 Å². The summed E-state index contributed by atoms with van der Waals surface area (Å²) in [6.45, 7) is 3.73. The molecule has 72 valence electrons. The second-order valence-electron chi connectivity index (χ2n) is 4.38. The van der Waals surface area contributed by atoms with Crippen molar-refractivity contribution in [2.24, 2.45) is 11.7 Å². The largest absolute Gasteiger partial charge is 0.337 e. The molecule has 1 aromatic rings. The number of nitrogens with two attached hydrogens (primary N) is 1. The lowest BCUT2D eigenvalue weighted by Crippen LogP contribution is -2.29. The number of rotatable bonds is 3. The van der Waals surface area contributed by atoms with Crippen LogP contribution in [0.3, 0.4) is 0 Å². The first-order chi connectivity index (χ1) is 6.05. The highest BCUT2D eigenvalue weighted by molar-refractivity contribution is 4.99. The third-order valence-corrected chi connectivity index (χ3v) is 2.19. The number of nitrogens with zero attached hydrogens (tertiary/aromatic N) is 2. The van der Waals surface area contributed by atoms with E-state index in [0.29, 0.717) is 5.89 Å². The van der Waals surface area contributed by atoms with Gasteiger partial charge in [0.15, 0.2) is 5.82 Å². The van der Waals surface area contributed by atoms with Crippen LogP contribution in [0.4, 0.5) is 0 Å². The SMILES string of the molecule is CC(C)(N)c1nc(CC2CC2)no1. The lowest BCUT2D eigenvalue weighted by atomic mass is 10.1. The van der Waals surface area contributed by atoms with Gasteiger partial charge in [-0.1, -0.05) is 5.16 Å². The average Bonchev–Trinajstić information content (AvgIpc) is 2.63. The van der Waals surface area contributed by atoms with Crippen molar-refractivity contribution < 1.29 is 4.52 Å². The molecule has 1 aromatic heterocycles. The molecule has 1 aliphatic rings. The Morgan fingerprint density at radius 2 is 2.23 bits per heavy atom. The number of hydrogen-bond donors (Lipinski definition) is 1. The molecule has 0 aliphatic heterocycles. The Bertz CT molecular complexity index is 296. The van der Waals surface area contributed by atoms with Crippen molar-refractivity contribution in [3.8, 4) is 0 Å². The molecular weight excluding hydrogens is 166 g/mol. The molecule has 1 fully saturated rings. The summed E-state index contributed by atoms with van der Waals surface area (Å²) in [6.07, 6.45) is 3.55. The van der Waals surface area contributed by atoms with Gasteiger partial charge >= 0.3 is 0 Å². The molecule has 0 amide bonds. The van der Waals surface area contributed by atoms with Crippen LogP contribution >= 0.6 is 0 Å². The van der Waals surface area contributed by atoms with Crippen LogP contribution in [-0.2, 0) is 12.0 Å². The standard InChI is InChI=1S/C9H15N3O/c1-9(2,10)8-11-7(12-13-8)5-6-3-4-6/h6H,3-5,10H2,1-2H3. The molecule has 2 N–H and O–H groups in total. The topological polar surface area (TPSA) is 64.9 Å². The van der Waals surface area contributed by atoms with Crippen LogP contribution in [-0.4, -0.2) is 10.1 Å². The maximum absolute atomic E-state index is 5.82. The van der Waals surface area contributed by atoms with E-state index in [2.05, 4.69) is 10.1 Å². The molecule has 1 heterocycles. The zero-order valence-corrected chi connectivity index (χ0v) is 8.08. The third-order valence-electron chi connectivity index (χ3n) is 2.19. The van der Waals surface area contributed by atoms with Gasteiger partial charge < -0.3 is 10.3 Å². The van der Waals surface area contributed by atoms with Crippen LogP contribution in [0.5, 0.6) is 0 Å². The van der Waals surface area contributed by atoms with E-state index in [0.717, 1.165) is 18.2 Å². The van der Waals surface area contributed by atoms with Gasteiger partial charge in [-0.3, -0.25) is 0 Å². The molecule has 0 spiro atoms. The fraction of sp³-hybridized carbons (Fsp3) is 0.778. The van der Waals surface area contributed by atoms with E-state index in [1.165, 1.54) is 12.8 Å². The highest BCUT2D eigenvalue weighted by Gasteiger charge is 2.26. The Balaban J connectivity index is 2.08. The second kappa shape index (κ2) is 2.80. The highest BCUT2D eigenvalue weighted by atomic mass is 16.5. The monoisotopic (exact) mass is 181 g/mol. The Morgan fingerprint density at radius 3 is 2.69 bits per heavy atom. The van der Waals surface area contributed by atoms with Gasteiger partial charge in [0.05, 0.1) is 5.54 Å². The van der Waals surface area contributed by atoms with Crippen LogP contribution in [0.1, 0.15) is 38.4 Å². The van der Waals surface area contributed by atoms with E-state index >= 15 is 0 Å². The number of hydrogen-bond acceptors (Lipinski definition) is 4. The lowest BCUT2D eigenvalue weighted by molar-refractivity contribution is 0.310. The maximum Gasteiger partial charge on any atom is 0.246 e. The molecule has 4 nitrogen and oxygen atoms in total. The summed E-state index contributed by atoms with van der Waals surface area (Å²) >= 11 is 0. The highest BCUT2D eigenvalue weighted by Crippen LogP contribution is 2.32. The first-order valence-corrected chi connectivity index (χ1v) is 4.67. The zero-order chi connectivity index (χ0) is 9.47. The zero-order valence-electron chi connectivity index (χ0n) is 8.08. The van der Waals surface area contributed by atoms with Crippen LogP contribution in [0.2, 0.25) is 0 Å². The summed E-state index contributed by atoms with van der Waals surface area (Å²) in [5.41, 5.74) is 5.30. The Labute approximate surface area is 77.5 Å². The molecule has 1 aliphatic carbocycles. The van der Waals surface area contributed by atoms with E-state index in [9.17, 15) is 0 Å². The van der Waals surface area contributed by atoms with Gasteiger partial charge in [-0.25, -0.2) is 0 Å². The molecule has 0 bridgehead atoms. The predicted molar refractivity (Wildman–Crippen MR) is 47.9 cm³/mol. The van der Waals surface area contributed by atoms with Crippen molar-refractivity contribution in [1.82, 2.24) is 10.1 Å².